The Hall–Kier alpha value is -1.43. The van der Waals surface area contributed by atoms with Crippen molar-refractivity contribution >= 4 is 5.91 Å². The van der Waals surface area contributed by atoms with Crippen LogP contribution in [0.15, 0.2) is 24.3 Å². The zero-order chi connectivity index (χ0) is 16.3. The van der Waals surface area contributed by atoms with E-state index < -0.39 is 5.54 Å². The molecule has 1 unspecified atom stereocenters. The van der Waals surface area contributed by atoms with Crippen LogP contribution in [-0.2, 0) is 22.5 Å². The Morgan fingerprint density at radius 1 is 1.35 bits per heavy atom. The standard InChI is InChI=1S/C18H27N3O2/c1-14(12-20-17(22)18(19)7-10-23-11-8-18)21-9-6-15-4-2-3-5-16(15)13-21/h2-5,14H,6-13,19H2,1H3,(H,20,22). The van der Waals surface area contributed by atoms with Gasteiger partial charge in [0.05, 0.1) is 5.54 Å². The van der Waals surface area contributed by atoms with Crippen molar-refractivity contribution in [1.82, 2.24) is 10.2 Å². The Balaban J connectivity index is 1.52. The summed E-state index contributed by atoms with van der Waals surface area (Å²) in [5.74, 6) is -0.0370. The van der Waals surface area contributed by atoms with Crippen LogP contribution < -0.4 is 11.1 Å². The second kappa shape index (κ2) is 6.99. The number of hydrogen-bond acceptors (Lipinski definition) is 4. The summed E-state index contributed by atoms with van der Waals surface area (Å²) in [6.07, 6.45) is 2.28. The summed E-state index contributed by atoms with van der Waals surface area (Å²) in [5, 5.41) is 3.05. The van der Waals surface area contributed by atoms with E-state index in [0.717, 1.165) is 19.5 Å². The highest BCUT2D eigenvalue weighted by Gasteiger charge is 2.36. The van der Waals surface area contributed by atoms with Crippen molar-refractivity contribution in [3.63, 3.8) is 0 Å². The quantitative estimate of drug-likeness (QED) is 0.871. The Bertz CT molecular complexity index is 555. The van der Waals surface area contributed by atoms with Crippen LogP contribution in [0.1, 0.15) is 30.9 Å². The zero-order valence-electron chi connectivity index (χ0n) is 13.9. The van der Waals surface area contributed by atoms with Gasteiger partial charge in [0.15, 0.2) is 0 Å². The lowest BCUT2D eigenvalue weighted by Crippen LogP contribution is -2.58. The number of ether oxygens (including phenoxy) is 1. The van der Waals surface area contributed by atoms with Crippen molar-refractivity contribution in [3.05, 3.63) is 35.4 Å². The minimum atomic E-state index is -0.757. The van der Waals surface area contributed by atoms with E-state index in [1.807, 2.05) is 0 Å². The Labute approximate surface area is 138 Å². The fourth-order valence-corrected chi connectivity index (χ4v) is 3.40. The molecule has 1 saturated heterocycles. The van der Waals surface area contributed by atoms with E-state index in [0.29, 0.717) is 38.6 Å². The highest BCUT2D eigenvalue weighted by molar-refractivity contribution is 5.86. The van der Waals surface area contributed by atoms with Gasteiger partial charge >= 0.3 is 0 Å². The summed E-state index contributed by atoms with van der Waals surface area (Å²) in [4.78, 5) is 14.8. The number of carbonyl (C=O) groups is 1. The van der Waals surface area contributed by atoms with E-state index in [9.17, 15) is 4.79 Å². The molecule has 0 spiro atoms. The van der Waals surface area contributed by atoms with E-state index in [1.54, 1.807) is 0 Å². The van der Waals surface area contributed by atoms with Crippen molar-refractivity contribution in [2.75, 3.05) is 26.3 Å². The molecule has 3 rings (SSSR count). The minimum Gasteiger partial charge on any atom is -0.381 e. The van der Waals surface area contributed by atoms with Crippen LogP contribution in [0.3, 0.4) is 0 Å². The lowest BCUT2D eigenvalue weighted by atomic mass is 9.90. The Kier molecular flexibility index (Phi) is 4.99. The van der Waals surface area contributed by atoms with Gasteiger partial charge in [-0.15, -0.1) is 0 Å². The molecule has 0 saturated carbocycles. The molecule has 2 heterocycles. The van der Waals surface area contributed by atoms with Gasteiger partial charge < -0.3 is 15.8 Å². The molecule has 1 aromatic rings. The van der Waals surface area contributed by atoms with Gasteiger partial charge in [-0.1, -0.05) is 24.3 Å². The second-order valence-electron chi connectivity index (χ2n) is 6.82. The molecule has 1 atom stereocenters. The van der Waals surface area contributed by atoms with Gasteiger partial charge in [0.25, 0.3) is 0 Å². The lowest BCUT2D eigenvalue weighted by molar-refractivity contribution is -0.130. The molecule has 0 aromatic heterocycles. The molecule has 3 N–H and O–H groups in total. The SMILES string of the molecule is CC(CNC(=O)C1(N)CCOCC1)N1CCc2ccccc2C1. The van der Waals surface area contributed by atoms with Crippen molar-refractivity contribution in [1.29, 1.82) is 0 Å². The predicted octanol–water partition coefficient (Wildman–Crippen LogP) is 1.06. The smallest absolute Gasteiger partial charge is 0.240 e. The first-order valence-corrected chi connectivity index (χ1v) is 8.54. The van der Waals surface area contributed by atoms with Gasteiger partial charge in [-0.2, -0.15) is 0 Å². The van der Waals surface area contributed by atoms with Crippen LogP contribution in [0.2, 0.25) is 0 Å². The molecule has 0 bridgehead atoms. The number of nitrogens with zero attached hydrogens (tertiary/aromatic N) is 1. The molecular weight excluding hydrogens is 290 g/mol. The fourth-order valence-electron chi connectivity index (χ4n) is 3.40. The normalized spacial score (nSPS) is 22.2. The third-order valence-electron chi connectivity index (χ3n) is 5.18. The largest absolute Gasteiger partial charge is 0.381 e. The molecule has 2 aliphatic rings. The summed E-state index contributed by atoms with van der Waals surface area (Å²) < 4.78 is 5.30. The molecule has 1 aromatic carbocycles. The first-order chi connectivity index (χ1) is 11.1. The minimum absolute atomic E-state index is 0.0370. The number of fused-ring (bicyclic) bond motifs is 1. The van der Waals surface area contributed by atoms with Crippen LogP contribution >= 0.6 is 0 Å². The Morgan fingerprint density at radius 2 is 2.04 bits per heavy atom. The number of benzene rings is 1. The maximum atomic E-state index is 12.4. The third-order valence-corrected chi connectivity index (χ3v) is 5.18. The Morgan fingerprint density at radius 3 is 2.78 bits per heavy atom. The molecule has 1 fully saturated rings. The molecule has 5 nitrogen and oxygen atoms in total. The first kappa shape index (κ1) is 16.4. The van der Waals surface area contributed by atoms with Crippen molar-refractivity contribution in [2.45, 2.75) is 44.3 Å². The van der Waals surface area contributed by atoms with Gasteiger partial charge in [-0.25, -0.2) is 0 Å². The number of rotatable bonds is 4. The number of hydrogen-bond donors (Lipinski definition) is 2. The maximum Gasteiger partial charge on any atom is 0.240 e. The molecule has 23 heavy (non-hydrogen) atoms. The highest BCUT2D eigenvalue weighted by Crippen LogP contribution is 2.21. The van der Waals surface area contributed by atoms with Gasteiger partial charge in [0.1, 0.15) is 0 Å². The van der Waals surface area contributed by atoms with E-state index >= 15 is 0 Å². The molecule has 5 heteroatoms. The van der Waals surface area contributed by atoms with E-state index in [-0.39, 0.29) is 5.91 Å². The van der Waals surface area contributed by atoms with Crippen LogP contribution in [0.5, 0.6) is 0 Å². The molecule has 1 amide bonds. The molecular formula is C18H27N3O2. The predicted molar refractivity (Wildman–Crippen MR) is 90.0 cm³/mol. The average molecular weight is 317 g/mol. The lowest BCUT2D eigenvalue weighted by Gasteiger charge is -2.35. The number of nitrogens with one attached hydrogen (secondary N) is 1. The van der Waals surface area contributed by atoms with E-state index in [4.69, 9.17) is 10.5 Å². The van der Waals surface area contributed by atoms with Crippen LogP contribution in [-0.4, -0.2) is 48.7 Å². The number of nitrogens with two attached hydrogens (primary N) is 1. The summed E-state index contributed by atoms with van der Waals surface area (Å²) in [7, 11) is 0. The molecule has 0 radical (unpaired) electrons. The van der Waals surface area contributed by atoms with Crippen LogP contribution in [0.4, 0.5) is 0 Å². The molecule has 0 aliphatic carbocycles. The maximum absolute atomic E-state index is 12.4. The van der Waals surface area contributed by atoms with Crippen molar-refractivity contribution in [2.24, 2.45) is 5.73 Å². The topological polar surface area (TPSA) is 67.6 Å². The summed E-state index contributed by atoms with van der Waals surface area (Å²) in [5.41, 5.74) is 8.31. The fraction of sp³-hybridized carbons (Fsp3) is 0.611. The van der Waals surface area contributed by atoms with Gasteiger partial charge in [0.2, 0.25) is 5.91 Å². The second-order valence-corrected chi connectivity index (χ2v) is 6.82. The van der Waals surface area contributed by atoms with Crippen molar-refractivity contribution < 1.29 is 9.53 Å². The van der Waals surface area contributed by atoms with E-state index in [2.05, 4.69) is 41.4 Å². The van der Waals surface area contributed by atoms with Gasteiger partial charge in [-0.3, -0.25) is 9.69 Å². The van der Waals surface area contributed by atoms with Crippen LogP contribution in [0, 0.1) is 0 Å². The third kappa shape index (κ3) is 3.74. The summed E-state index contributed by atoms with van der Waals surface area (Å²) in [6.45, 7) is 5.94. The van der Waals surface area contributed by atoms with Crippen LogP contribution in [0.25, 0.3) is 0 Å². The molecule has 2 aliphatic heterocycles. The summed E-state index contributed by atoms with van der Waals surface area (Å²) in [6, 6.07) is 8.91. The van der Waals surface area contributed by atoms with Gasteiger partial charge in [0, 0.05) is 38.9 Å². The zero-order valence-corrected chi connectivity index (χ0v) is 13.9. The monoisotopic (exact) mass is 317 g/mol. The number of carbonyl (C=O) groups excluding carboxylic acids is 1. The highest BCUT2D eigenvalue weighted by atomic mass is 16.5. The van der Waals surface area contributed by atoms with Crippen molar-refractivity contribution in [3.8, 4) is 0 Å². The molecule has 126 valence electrons. The number of amides is 1. The first-order valence-electron chi connectivity index (χ1n) is 8.54. The average Bonchev–Trinajstić information content (AvgIpc) is 2.59. The van der Waals surface area contributed by atoms with E-state index in [1.165, 1.54) is 11.1 Å². The van der Waals surface area contributed by atoms with Gasteiger partial charge in [-0.05, 0) is 37.3 Å². The summed E-state index contributed by atoms with van der Waals surface area (Å²) >= 11 is 0.